The van der Waals surface area contributed by atoms with Crippen LogP contribution in [-0.2, 0) is 10.2 Å². The van der Waals surface area contributed by atoms with Crippen molar-refractivity contribution in [2.75, 3.05) is 18.0 Å². The fourth-order valence-corrected chi connectivity index (χ4v) is 4.37. The maximum absolute atomic E-state index is 12.7. The second kappa shape index (κ2) is 7.16. The minimum Gasteiger partial charge on any atom is -0.463 e. The Balaban J connectivity index is 1.79. The topological polar surface area (TPSA) is 84.7 Å². The van der Waals surface area contributed by atoms with Crippen LogP contribution in [0.4, 0.5) is 11.4 Å². The van der Waals surface area contributed by atoms with Crippen molar-refractivity contribution in [3.05, 3.63) is 69.8 Å². The van der Waals surface area contributed by atoms with Gasteiger partial charge in [-0.2, -0.15) is 0 Å². The van der Waals surface area contributed by atoms with E-state index < -0.39 is 16.1 Å². The number of carbonyl (C=O) groups is 1. The van der Waals surface area contributed by atoms with Gasteiger partial charge in [0, 0.05) is 29.9 Å². The van der Waals surface area contributed by atoms with Crippen molar-refractivity contribution in [3.8, 4) is 5.75 Å². The predicted molar refractivity (Wildman–Crippen MR) is 116 cm³/mol. The number of carbonyl (C=O) groups excluding carboxylic acids is 1. The minimum atomic E-state index is -0.927. The molecule has 0 aliphatic carbocycles. The van der Waals surface area contributed by atoms with E-state index >= 15 is 0 Å². The number of nitrogens with one attached hydrogen (secondary N) is 1. The first-order valence-electron chi connectivity index (χ1n) is 10.1. The lowest BCUT2D eigenvalue weighted by Gasteiger charge is -2.46. The molecule has 1 N–H and O–H groups in total. The average Bonchev–Trinajstić information content (AvgIpc) is 2.90. The van der Waals surface area contributed by atoms with Crippen LogP contribution < -0.4 is 15.0 Å². The number of hydrogen-bond acceptors (Lipinski definition) is 5. The fraction of sp³-hybridized carbons (Fsp3) is 0.348. The molecular weight excluding hydrogens is 382 g/mol. The summed E-state index contributed by atoms with van der Waals surface area (Å²) in [5.74, 6) is 0.484. The highest BCUT2D eigenvalue weighted by Gasteiger charge is 2.59. The lowest BCUT2D eigenvalue weighted by atomic mass is 9.76. The summed E-state index contributed by atoms with van der Waals surface area (Å²) >= 11 is 0. The van der Waals surface area contributed by atoms with Crippen molar-refractivity contribution in [3.63, 3.8) is 0 Å². The second-order valence-electron chi connectivity index (χ2n) is 8.19. The van der Waals surface area contributed by atoms with Gasteiger partial charge in [-0.3, -0.25) is 14.9 Å². The number of rotatable bonds is 5. The summed E-state index contributed by atoms with van der Waals surface area (Å²) in [5, 5.41) is 14.1. The highest BCUT2D eigenvalue weighted by molar-refractivity contribution is 5.85. The summed E-state index contributed by atoms with van der Waals surface area (Å²) in [6.07, 6.45) is 4.64. The lowest BCUT2D eigenvalue weighted by Crippen LogP contribution is -2.61. The third-order valence-corrected chi connectivity index (χ3v) is 6.00. The minimum absolute atomic E-state index is 0.0164. The molecule has 2 heterocycles. The number of para-hydroxylation sites is 1. The number of ether oxygens (including phenoxy) is 1. The summed E-state index contributed by atoms with van der Waals surface area (Å²) < 4.78 is 6.57. The monoisotopic (exact) mass is 407 g/mol. The van der Waals surface area contributed by atoms with E-state index in [1.54, 1.807) is 6.07 Å². The van der Waals surface area contributed by atoms with Crippen molar-refractivity contribution < 1.29 is 14.5 Å². The van der Waals surface area contributed by atoms with Gasteiger partial charge in [-0.15, -0.1) is 0 Å². The molecule has 1 atom stereocenters. The molecule has 156 valence electrons. The van der Waals surface area contributed by atoms with Crippen molar-refractivity contribution in [2.24, 2.45) is 0 Å². The Morgan fingerprint density at radius 3 is 2.73 bits per heavy atom. The molecule has 2 aliphatic heterocycles. The van der Waals surface area contributed by atoms with Crippen LogP contribution in [0.25, 0.3) is 6.08 Å². The van der Waals surface area contributed by atoms with Crippen molar-refractivity contribution >= 4 is 23.4 Å². The molecule has 0 bridgehead atoms. The van der Waals surface area contributed by atoms with Crippen LogP contribution in [0.5, 0.6) is 5.75 Å². The van der Waals surface area contributed by atoms with Gasteiger partial charge in [-0.05, 0) is 50.1 Å². The number of anilines is 1. The first kappa shape index (κ1) is 19.9. The predicted octanol–water partition coefficient (Wildman–Crippen LogP) is 4.02. The average molecular weight is 407 g/mol. The highest BCUT2D eigenvalue weighted by atomic mass is 16.6. The number of amides is 1. The van der Waals surface area contributed by atoms with Gasteiger partial charge in [0.15, 0.2) is 0 Å². The number of nitro benzene ring substituents is 1. The van der Waals surface area contributed by atoms with Gasteiger partial charge in [0.2, 0.25) is 11.6 Å². The van der Waals surface area contributed by atoms with E-state index in [9.17, 15) is 14.9 Å². The molecular formula is C23H25N3O4. The van der Waals surface area contributed by atoms with Crippen LogP contribution >= 0.6 is 0 Å². The molecule has 0 saturated carbocycles. The van der Waals surface area contributed by atoms with Crippen LogP contribution in [0.1, 0.15) is 38.3 Å². The molecule has 2 aromatic rings. The van der Waals surface area contributed by atoms with Crippen LogP contribution in [0.15, 0.2) is 48.5 Å². The number of hydrogen-bond donors (Lipinski definition) is 1. The quantitative estimate of drug-likeness (QED) is 0.598. The number of benzene rings is 2. The summed E-state index contributed by atoms with van der Waals surface area (Å²) in [5.41, 5.74) is 1.31. The number of nitro groups is 1. The van der Waals surface area contributed by atoms with Gasteiger partial charge in [0.05, 0.1) is 10.3 Å². The second-order valence-corrected chi connectivity index (χ2v) is 8.19. The van der Waals surface area contributed by atoms with Crippen LogP contribution in [0, 0.1) is 10.1 Å². The van der Waals surface area contributed by atoms with E-state index in [-0.39, 0.29) is 18.1 Å². The molecule has 30 heavy (non-hydrogen) atoms. The maximum Gasteiger partial charge on any atom is 0.270 e. The molecule has 2 aromatic carbocycles. The molecule has 2 aliphatic rings. The molecule has 1 amide bonds. The smallest absolute Gasteiger partial charge is 0.270 e. The normalized spacial score (nSPS) is 20.4. The van der Waals surface area contributed by atoms with E-state index in [1.807, 2.05) is 42.2 Å². The van der Waals surface area contributed by atoms with Crippen molar-refractivity contribution in [2.45, 2.75) is 38.3 Å². The molecule has 0 fully saturated rings. The van der Waals surface area contributed by atoms with E-state index in [2.05, 4.69) is 25.2 Å². The Bertz CT molecular complexity index is 1050. The standard InChI is InChI=1S/C23H25N3O4/c1-4-13-24-21(27)15-25-19-8-6-5-7-18(19)22(2,3)23(25)12-11-16-14-17(26(28)29)9-10-20(16)30-23/h5-12,14H,4,13,15H2,1-3H3,(H,24,27)/t23-/m1/s1. The Kier molecular flexibility index (Phi) is 4.76. The number of nitrogens with zero attached hydrogens (tertiary/aromatic N) is 2. The highest BCUT2D eigenvalue weighted by Crippen LogP contribution is 2.54. The Morgan fingerprint density at radius 2 is 2.00 bits per heavy atom. The van der Waals surface area contributed by atoms with Crippen molar-refractivity contribution in [1.82, 2.24) is 5.32 Å². The number of non-ortho nitro benzene ring substituents is 1. The maximum atomic E-state index is 12.7. The van der Waals surface area contributed by atoms with E-state index in [0.29, 0.717) is 17.9 Å². The van der Waals surface area contributed by atoms with Gasteiger partial charge in [0.1, 0.15) is 12.3 Å². The summed E-state index contributed by atoms with van der Waals surface area (Å²) in [4.78, 5) is 25.4. The molecule has 7 nitrogen and oxygen atoms in total. The van der Waals surface area contributed by atoms with Gasteiger partial charge < -0.3 is 15.0 Å². The first-order valence-corrected chi connectivity index (χ1v) is 10.1. The molecule has 7 heteroatoms. The zero-order valence-electron chi connectivity index (χ0n) is 17.3. The molecule has 0 radical (unpaired) electrons. The molecule has 0 aromatic heterocycles. The molecule has 0 saturated heterocycles. The van der Waals surface area contributed by atoms with Gasteiger partial charge in [0.25, 0.3) is 5.69 Å². The zero-order valence-corrected chi connectivity index (χ0v) is 17.3. The zero-order chi connectivity index (χ0) is 21.5. The largest absolute Gasteiger partial charge is 0.463 e. The summed E-state index contributed by atoms with van der Waals surface area (Å²) in [7, 11) is 0. The Hall–Kier alpha value is -3.35. The molecule has 4 rings (SSSR count). The molecule has 1 spiro atoms. The van der Waals surface area contributed by atoms with Gasteiger partial charge in [-0.25, -0.2) is 0 Å². The first-order chi connectivity index (χ1) is 14.3. The number of fused-ring (bicyclic) bond motifs is 2. The third-order valence-electron chi connectivity index (χ3n) is 6.00. The van der Waals surface area contributed by atoms with Crippen LogP contribution in [0.2, 0.25) is 0 Å². The summed E-state index contributed by atoms with van der Waals surface area (Å²) in [6, 6.07) is 12.6. The third kappa shape index (κ3) is 2.93. The van der Waals surface area contributed by atoms with E-state index in [4.69, 9.17) is 4.74 Å². The lowest BCUT2D eigenvalue weighted by molar-refractivity contribution is -0.384. The van der Waals surface area contributed by atoms with Crippen LogP contribution in [0.3, 0.4) is 0 Å². The van der Waals surface area contributed by atoms with Crippen LogP contribution in [-0.4, -0.2) is 29.6 Å². The van der Waals surface area contributed by atoms with Gasteiger partial charge in [-0.1, -0.05) is 25.1 Å². The molecule has 0 unspecified atom stereocenters. The Morgan fingerprint density at radius 1 is 1.23 bits per heavy atom. The van der Waals surface area contributed by atoms with Gasteiger partial charge >= 0.3 is 0 Å². The summed E-state index contributed by atoms with van der Waals surface area (Å²) in [6.45, 7) is 6.97. The van der Waals surface area contributed by atoms with Crippen molar-refractivity contribution in [1.29, 1.82) is 0 Å². The van der Waals surface area contributed by atoms with E-state index in [1.165, 1.54) is 12.1 Å². The van der Waals surface area contributed by atoms with E-state index in [0.717, 1.165) is 17.7 Å². The SMILES string of the molecule is CCCNC(=O)CN1c2ccccc2C(C)(C)[C@]12C=Cc1cc([N+](=O)[O-])ccc1O2. The fourth-order valence-electron chi connectivity index (χ4n) is 4.37. The Labute approximate surface area is 175 Å².